The zero-order valence-electron chi connectivity index (χ0n) is 11.0. The van der Waals surface area contributed by atoms with Gasteiger partial charge in [-0.2, -0.15) is 0 Å². The fraction of sp³-hybridized carbons (Fsp3) is 0.429. The Morgan fingerprint density at radius 1 is 1.63 bits per heavy atom. The second-order valence-electron chi connectivity index (χ2n) is 5.06. The van der Waals surface area contributed by atoms with Crippen LogP contribution in [0.2, 0.25) is 0 Å². The minimum atomic E-state index is 0.129. The summed E-state index contributed by atoms with van der Waals surface area (Å²) in [4.78, 5) is 19.2. The molecule has 1 amide bonds. The summed E-state index contributed by atoms with van der Waals surface area (Å²) in [6, 6.07) is 3.81. The van der Waals surface area contributed by atoms with Crippen LogP contribution < -0.4 is 0 Å². The Kier molecular flexibility index (Phi) is 3.38. The number of amides is 1. The molecule has 0 bridgehead atoms. The van der Waals surface area contributed by atoms with Crippen molar-refractivity contribution < 1.29 is 4.79 Å². The highest BCUT2D eigenvalue weighted by molar-refractivity contribution is 7.12. The molecular weight excluding hydrogens is 258 g/mol. The Bertz CT molecular complexity index is 561. The standard InChI is InChI=1S/C14H17N3OS/c1-16(14(18)12-3-2-8-19-12)10-11-4-6-17-7-5-15-13(17)9-11/h2-3,5,7-8,11H,4,6,9-10H2,1H3/t11-/m0/s1. The Morgan fingerprint density at radius 3 is 3.32 bits per heavy atom. The van der Waals surface area contributed by atoms with Gasteiger partial charge in [0.25, 0.3) is 5.91 Å². The zero-order chi connectivity index (χ0) is 13.2. The van der Waals surface area contributed by atoms with Crippen LogP contribution in [-0.2, 0) is 13.0 Å². The van der Waals surface area contributed by atoms with E-state index in [0.29, 0.717) is 5.92 Å². The number of carbonyl (C=O) groups is 1. The van der Waals surface area contributed by atoms with Gasteiger partial charge in [-0.25, -0.2) is 4.98 Å². The molecule has 1 atom stereocenters. The predicted molar refractivity (Wildman–Crippen MR) is 75.3 cm³/mol. The average molecular weight is 275 g/mol. The van der Waals surface area contributed by atoms with Crippen LogP contribution >= 0.6 is 11.3 Å². The van der Waals surface area contributed by atoms with Crippen molar-refractivity contribution in [3.05, 3.63) is 40.6 Å². The van der Waals surface area contributed by atoms with Gasteiger partial charge in [0.2, 0.25) is 0 Å². The van der Waals surface area contributed by atoms with Gasteiger partial charge in [0.1, 0.15) is 5.82 Å². The van der Waals surface area contributed by atoms with E-state index in [9.17, 15) is 4.79 Å². The molecule has 5 heteroatoms. The van der Waals surface area contributed by atoms with Crippen molar-refractivity contribution in [3.63, 3.8) is 0 Å². The van der Waals surface area contributed by atoms with Gasteiger partial charge in [-0.05, 0) is 23.8 Å². The molecule has 19 heavy (non-hydrogen) atoms. The predicted octanol–water partition coefficient (Wildman–Crippen LogP) is 2.28. The molecule has 0 N–H and O–H groups in total. The van der Waals surface area contributed by atoms with Crippen molar-refractivity contribution in [2.24, 2.45) is 5.92 Å². The first-order valence-corrected chi connectivity index (χ1v) is 7.41. The van der Waals surface area contributed by atoms with Gasteiger partial charge in [0.05, 0.1) is 4.88 Å². The first-order chi connectivity index (χ1) is 9.24. The Labute approximate surface area is 116 Å². The first kappa shape index (κ1) is 12.4. The van der Waals surface area contributed by atoms with Crippen molar-refractivity contribution in [3.8, 4) is 0 Å². The fourth-order valence-electron chi connectivity index (χ4n) is 2.63. The lowest BCUT2D eigenvalue weighted by molar-refractivity contribution is 0.0769. The third-order valence-electron chi connectivity index (χ3n) is 3.66. The van der Waals surface area contributed by atoms with Gasteiger partial charge in [-0.15, -0.1) is 11.3 Å². The number of hydrogen-bond acceptors (Lipinski definition) is 3. The second kappa shape index (κ2) is 5.17. The molecule has 3 heterocycles. The molecule has 0 saturated heterocycles. The molecule has 0 radical (unpaired) electrons. The van der Waals surface area contributed by atoms with Gasteiger partial charge in [0.15, 0.2) is 0 Å². The van der Waals surface area contributed by atoms with Gasteiger partial charge in [0, 0.05) is 39.0 Å². The number of carbonyl (C=O) groups excluding carboxylic acids is 1. The third kappa shape index (κ3) is 2.56. The minimum absolute atomic E-state index is 0.129. The highest BCUT2D eigenvalue weighted by Crippen LogP contribution is 2.21. The number of aromatic nitrogens is 2. The Hall–Kier alpha value is -1.62. The van der Waals surface area contributed by atoms with Crippen molar-refractivity contribution in [2.45, 2.75) is 19.4 Å². The smallest absolute Gasteiger partial charge is 0.263 e. The Balaban J connectivity index is 1.62. The summed E-state index contributed by atoms with van der Waals surface area (Å²) in [7, 11) is 1.89. The Morgan fingerprint density at radius 2 is 2.53 bits per heavy atom. The van der Waals surface area contributed by atoms with Gasteiger partial charge >= 0.3 is 0 Å². The molecular formula is C14H17N3OS. The van der Waals surface area contributed by atoms with Crippen molar-refractivity contribution in [1.82, 2.24) is 14.5 Å². The van der Waals surface area contributed by atoms with E-state index < -0.39 is 0 Å². The fourth-order valence-corrected chi connectivity index (χ4v) is 3.35. The SMILES string of the molecule is CN(C[C@H]1CCn2ccnc2C1)C(=O)c1cccs1. The number of nitrogens with zero attached hydrogens (tertiary/aromatic N) is 3. The lowest BCUT2D eigenvalue weighted by Gasteiger charge is -2.27. The van der Waals surface area contributed by atoms with Crippen LogP contribution in [-0.4, -0.2) is 34.0 Å². The molecule has 2 aromatic heterocycles. The topological polar surface area (TPSA) is 38.1 Å². The van der Waals surface area contributed by atoms with Crippen LogP contribution in [0.5, 0.6) is 0 Å². The molecule has 100 valence electrons. The van der Waals surface area contributed by atoms with E-state index in [4.69, 9.17) is 0 Å². The van der Waals surface area contributed by atoms with E-state index in [1.807, 2.05) is 41.9 Å². The van der Waals surface area contributed by atoms with E-state index in [2.05, 4.69) is 9.55 Å². The molecule has 0 aliphatic carbocycles. The number of thiophene rings is 1. The molecule has 3 rings (SSSR count). The highest BCUT2D eigenvalue weighted by Gasteiger charge is 2.22. The number of hydrogen-bond donors (Lipinski definition) is 0. The molecule has 2 aromatic rings. The van der Waals surface area contributed by atoms with Gasteiger partial charge < -0.3 is 9.47 Å². The summed E-state index contributed by atoms with van der Waals surface area (Å²) in [5.74, 6) is 1.79. The molecule has 0 spiro atoms. The maximum Gasteiger partial charge on any atom is 0.263 e. The monoisotopic (exact) mass is 275 g/mol. The maximum atomic E-state index is 12.2. The molecule has 1 aliphatic rings. The highest BCUT2D eigenvalue weighted by atomic mass is 32.1. The number of rotatable bonds is 3. The summed E-state index contributed by atoms with van der Waals surface area (Å²) in [5.41, 5.74) is 0. The minimum Gasteiger partial charge on any atom is -0.341 e. The average Bonchev–Trinajstić information content (AvgIpc) is 3.08. The summed E-state index contributed by atoms with van der Waals surface area (Å²) in [5, 5.41) is 1.94. The van der Waals surface area contributed by atoms with Crippen molar-refractivity contribution in [2.75, 3.05) is 13.6 Å². The van der Waals surface area contributed by atoms with E-state index in [1.165, 1.54) is 11.3 Å². The van der Waals surface area contributed by atoms with Gasteiger partial charge in [-0.1, -0.05) is 6.07 Å². The number of aryl methyl sites for hydroxylation is 1. The van der Waals surface area contributed by atoms with Crippen LogP contribution in [0.1, 0.15) is 21.9 Å². The largest absolute Gasteiger partial charge is 0.341 e. The summed E-state index contributed by atoms with van der Waals surface area (Å²) in [6.45, 7) is 1.82. The normalized spacial score (nSPS) is 18.1. The van der Waals surface area contributed by atoms with Crippen molar-refractivity contribution in [1.29, 1.82) is 0 Å². The maximum absolute atomic E-state index is 12.2. The zero-order valence-corrected chi connectivity index (χ0v) is 11.8. The van der Waals surface area contributed by atoms with Crippen LogP contribution in [0.4, 0.5) is 0 Å². The molecule has 0 fully saturated rings. The van der Waals surface area contributed by atoms with Crippen molar-refractivity contribution >= 4 is 17.2 Å². The van der Waals surface area contributed by atoms with E-state index in [1.54, 1.807) is 0 Å². The van der Waals surface area contributed by atoms with Crippen LogP contribution in [0, 0.1) is 5.92 Å². The lowest BCUT2D eigenvalue weighted by Crippen LogP contribution is -2.34. The molecule has 0 saturated carbocycles. The molecule has 1 aliphatic heterocycles. The number of imidazole rings is 1. The van der Waals surface area contributed by atoms with E-state index >= 15 is 0 Å². The summed E-state index contributed by atoms with van der Waals surface area (Å²) >= 11 is 1.50. The third-order valence-corrected chi connectivity index (χ3v) is 4.52. The van der Waals surface area contributed by atoms with E-state index in [0.717, 1.165) is 36.6 Å². The lowest BCUT2D eigenvalue weighted by atomic mass is 9.97. The van der Waals surface area contributed by atoms with E-state index in [-0.39, 0.29) is 5.91 Å². The van der Waals surface area contributed by atoms with Crippen LogP contribution in [0.3, 0.4) is 0 Å². The second-order valence-corrected chi connectivity index (χ2v) is 6.01. The summed E-state index contributed by atoms with van der Waals surface area (Å²) < 4.78 is 2.21. The summed E-state index contributed by atoms with van der Waals surface area (Å²) in [6.07, 6.45) is 5.98. The number of fused-ring (bicyclic) bond motifs is 1. The molecule has 4 nitrogen and oxygen atoms in total. The van der Waals surface area contributed by atoms with Crippen LogP contribution in [0.15, 0.2) is 29.9 Å². The van der Waals surface area contributed by atoms with Crippen LogP contribution in [0.25, 0.3) is 0 Å². The van der Waals surface area contributed by atoms with Gasteiger partial charge in [-0.3, -0.25) is 4.79 Å². The first-order valence-electron chi connectivity index (χ1n) is 6.53. The molecule has 0 unspecified atom stereocenters. The quantitative estimate of drug-likeness (QED) is 0.862. The molecule has 0 aromatic carbocycles.